The van der Waals surface area contributed by atoms with Gasteiger partial charge in [-0.25, -0.2) is 4.39 Å². The summed E-state index contributed by atoms with van der Waals surface area (Å²) in [5.41, 5.74) is 0.788. The second-order valence-electron chi connectivity index (χ2n) is 5.66. The Morgan fingerprint density at radius 2 is 2.17 bits per heavy atom. The van der Waals surface area contributed by atoms with Crippen LogP contribution in [0.25, 0.3) is 0 Å². The van der Waals surface area contributed by atoms with Gasteiger partial charge in [0.15, 0.2) is 5.96 Å². The lowest BCUT2D eigenvalue weighted by Gasteiger charge is -2.36. The summed E-state index contributed by atoms with van der Waals surface area (Å²) in [6.45, 7) is 5.08. The van der Waals surface area contributed by atoms with Gasteiger partial charge in [-0.05, 0) is 37.5 Å². The first kappa shape index (κ1) is 17.3. The topological polar surface area (TPSA) is 45.7 Å². The molecule has 0 spiro atoms. The van der Waals surface area contributed by atoms with Crippen LogP contribution < -0.4 is 10.6 Å². The molecular weight excluding hydrogens is 293 g/mol. The Balaban J connectivity index is 2.22. The molecule has 5 heteroatoms. The summed E-state index contributed by atoms with van der Waals surface area (Å²) in [6.07, 6.45) is 6.95. The molecule has 2 rings (SSSR count). The Labute approximate surface area is 137 Å². The maximum absolute atomic E-state index is 13.7. The van der Waals surface area contributed by atoms with Crippen molar-refractivity contribution in [1.29, 1.82) is 0 Å². The predicted octanol–water partition coefficient (Wildman–Crippen LogP) is 2.06. The molecule has 0 saturated carbocycles. The third-order valence-electron chi connectivity index (χ3n) is 4.13. The molecule has 0 aliphatic carbocycles. The molecule has 0 unspecified atom stereocenters. The van der Waals surface area contributed by atoms with Crippen molar-refractivity contribution >= 4 is 5.96 Å². The van der Waals surface area contributed by atoms with Crippen LogP contribution in [0.15, 0.2) is 29.3 Å². The number of aliphatic imine (C=N–C) groups is 1. The highest BCUT2D eigenvalue weighted by atomic mass is 19.1. The summed E-state index contributed by atoms with van der Waals surface area (Å²) in [7, 11) is 0. The van der Waals surface area contributed by atoms with Crippen LogP contribution in [-0.4, -0.2) is 38.8 Å². The Morgan fingerprint density at radius 1 is 1.39 bits per heavy atom. The maximum atomic E-state index is 13.7. The number of ether oxygens (including phenoxy) is 1. The average Bonchev–Trinajstić information content (AvgIpc) is 2.58. The van der Waals surface area contributed by atoms with Gasteiger partial charge >= 0.3 is 0 Å². The zero-order chi connectivity index (χ0) is 16.5. The van der Waals surface area contributed by atoms with Crippen LogP contribution in [0.3, 0.4) is 0 Å². The lowest BCUT2D eigenvalue weighted by molar-refractivity contribution is 0.0530. The number of terminal acetylenes is 1. The Bertz CT molecular complexity index is 574. The van der Waals surface area contributed by atoms with Crippen molar-refractivity contribution in [3.8, 4) is 12.3 Å². The Hall–Kier alpha value is -2.06. The van der Waals surface area contributed by atoms with Gasteiger partial charge in [-0.3, -0.25) is 4.99 Å². The largest absolute Gasteiger partial charge is 0.381 e. The third-order valence-corrected chi connectivity index (χ3v) is 4.13. The molecule has 124 valence electrons. The Morgan fingerprint density at radius 3 is 2.83 bits per heavy atom. The lowest BCUT2D eigenvalue weighted by atomic mass is 9.74. The fraction of sp³-hybridized carbons (Fsp3) is 0.500. The summed E-state index contributed by atoms with van der Waals surface area (Å²) in [5.74, 6) is 3.02. The minimum atomic E-state index is -0.213. The molecule has 1 aliphatic rings. The summed E-state index contributed by atoms with van der Waals surface area (Å²) in [4.78, 5) is 4.67. The van der Waals surface area contributed by atoms with Crippen molar-refractivity contribution in [2.24, 2.45) is 4.99 Å². The van der Waals surface area contributed by atoms with Crippen molar-refractivity contribution in [2.45, 2.75) is 25.2 Å². The van der Waals surface area contributed by atoms with E-state index in [1.54, 1.807) is 12.1 Å². The Kier molecular flexibility index (Phi) is 6.42. The summed E-state index contributed by atoms with van der Waals surface area (Å²) in [5, 5.41) is 6.26. The summed E-state index contributed by atoms with van der Waals surface area (Å²) in [6, 6.07) is 6.82. The van der Waals surface area contributed by atoms with E-state index in [0.29, 0.717) is 32.3 Å². The van der Waals surface area contributed by atoms with Crippen LogP contribution in [0.5, 0.6) is 0 Å². The van der Waals surface area contributed by atoms with E-state index in [-0.39, 0.29) is 11.2 Å². The molecule has 0 atom stereocenters. The van der Waals surface area contributed by atoms with Gasteiger partial charge in [0.05, 0.1) is 13.1 Å². The van der Waals surface area contributed by atoms with Crippen LogP contribution in [0, 0.1) is 18.2 Å². The first-order valence-corrected chi connectivity index (χ1v) is 7.99. The van der Waals surface area contributed by atoms with Crippen molar-refractivity contribution in [1.82, 2.24) is 10.6 Å². The molecule has 0 amide bonds. The van der Waals surface area contributed by atoms with Crippen molar-refractivity contribution in [3.63, 3.8) is 0 Å². The molecule has 1 heterocycles. The first-order valence-electron chi connectivity index (χ1n) is 7.99. The van der Waals surface area contributed by atoms with Crippen LogP contribution in [0.2, 0.25) is 0 Å². The van der Waals surface area contributed by atoms with Crippen LogP contribution >= 0.6 is 0 Å². The van der Waals surface area contributed by atoms with Crippen molar-refractivity contribution in [2.75, 3.05) is 32.8 Å². The highest BCUT2D eigenvalue weighted by Gasteiger charge is 2.34. The standard InChI is InChI=1S/C18H24FN3O/c1-3-10-21-17(20-4-2)22-14-18(8-11-23-12-9-18)15-6-5-7-16(19)13-15/h1,5-7,13H,4,8-12,14H2,2H3,(H2,20,21,22). The molecule has 1 aromatic carbocycles. The van der Waals surface area contributed by atoms with Gasteiger partial charge in [0.1, 0.15) is 5.82 Å². The van der Waals surface area contributed by atoms with Gasteiger partial charge in [-0.1, -0.05) is 18.1 Å². The van der Waals surface area contributed by atoms with E-state index < -0.39 is 0 Å². The van der Waals surface area contributed by atoms with E-state index in [0.717, 1.165) is 24.9 Å². The lowest BCUT2D eigenvalue weighted by Crippen LogP contribution is -2.41. The second-order valence-corrected chi connectivity index (χ2v) is 5.66. The number of nitrogens with zero attached hydrogens (tertiary/aromatic N) is 1. The van der Waals surface area contributed by atoms with Gasteiger partial charge in [0.2, 0.25) is 0 Å². The molecule has 2 N–H and O–H groups in total. The zero-order valence-electron chi connectivity index (χ0n) is 13.6. The number of nitrogens with one attached hydrogen (secondary N) is 2. The van der Waals surface area contributed by atoms with E-state index >= 15 is 0 Å². The maximum Gasteiger partial charge on any atom is 0.192 e. The summed E-state index contributed by atoms with van der Waals surface area (Å²) >= 11 is 0. The molecule has 1 saturated heterocycles. The molecule has 23 heavy (non-hydrogen) atoms. The van der Waals surface area contributed by atoms with E-state index in [2.05, 4.69) is 21.5 Å². The highest BCUT2D eigenvalue weighted by molar-refractivity contribution is 5.80. The molecule has 1 aliphatic heterocycles. The van der Waals surface area contributed by atoms with Crippen molar-refractivity contribution < 1.29 is 9.13 Å². The monoisotopic (exact) mass is 317 g/mol. The fourth-order valence-electron chi connectivity index (χ4n) is 2.83. The molecule has 1 aromatic rings. The normalized spacial score (nSPS) is 17.3. The molecule has 0 radical (unpaired) electrons. The van der Waals surface area contributed by atoms with Crippen LogP contribution in [-0.2, 0) is 10.2 Å². The van der Waals surface area contributed by atoms with E-state index in [4.69, 9.17) is 11.2 Å². The van der Waals surface area contributed by atoms with Crippen LogP contribution in [0.1, 0.15) is 25.3 Å². The molecule has 1 fully saturated rings. The number of benzene rings is 1. The van der Waals surface area contributed by atoms with E-state index in [1.807, 2.05) is 13.0 Å². The molecule has 0 aromatic heterocycles. The average molecular weight is 317 g/mol. The van der Waals surface area contributed by atoms with Gasteiger partial charge in [0.25, 0.3) is 0 Å². The minimum absolute atomic E-state index is 0.196. The van der Waals surface area contributed by atoms with Crippen LogP contribution in [0.4, 0.5) is 4.39 Å². The minimum Gasteiger partial charge on any atom is -0.381 e. The van der Waals surface area contributed by atoms with E-state index in [9.17, 15) is 4.39 Å². The molecular formula is C18H24FN3O. The smallest absolute Gasteiger partial charge is 0.192 e. The van der Waals surface area contributed by atoms with Gasteiger partial charge in [-0.2, -0.15) is 0 Å². The second kappa shape index (κ2) is 8.54. The van der Waals surface area contributed by atoms with Gasteiger partial charge in [-0.15, -0.1) is 6.42 Å². The molecule has 0 bridgehead atoms. The highest BCUT2D eigenvalue weighted by Crippen LogP contribution is 2.35. The SMILES string of the molecule is C#CCNC(=NCC1(c2cccc(F)c2)CCOCC1)NCC. The molecule has 4 nitrogen and oxygen atoms in total. The number of guanidine groups is 1. The first-order chi connectivity index (χ1) is 11.2. The third kappa shape index (κ3) is 4.70. The number of rotatable bonds is 5. The predicted molar refractivity (Wildman–Crippen MR) is 90.9 cm³/mol. The van der Waals surface area contributed by atoms with Gasteiger partial charge < -0.3 is 15.4 Å². The van der Waals surface area contributed by atoms with E-state index in [1.165, 1.54) is 6.07 Å². The number of hydrogen-bond donors (Lipinski definition) is 2. The van der Waals surface area contributed by atoms with Gasteiger partial charge in [0, 0.05) is 25.2 Å². The fourth-order valence-corrected chi connectivity index (χ4v) is 2.83. The quantitative estimate of drug-likeness (QED) is 0.496. The number of hydrogen-bond acceptors (Lipinski definition) is 2. The summed E-state index contributed by atoms with van der Waals surface area (Å²) < 4.78 is 19.2. The zero-order valence-corrected chi connectivity index (χ0v) is 13.6. The van der Waals surface area contributed by atoms with Crippen molar-refractivity contribution in [3.05, 3.63) is 35.6 Å². The number of halogens is 1.